The molecule has 0 saturated heterocycles. The van der Waals surface area contributed by atoms with E-state index in [1.165, 1.54) is 31.4 Å². The van der Waals surface area contributed by atoms with Crippen LogP contribution in [0.3, 0.4) is 0 Å². The van der Waals surface area contributed by atoms with Crippen molar-refractivity contribution in [2.75, 3.05) is 13.7 Å². The molecule has 0 fully saturated rings. The molecule has 146 valence electrons. The lowest BCUT2D eigenvalue weighted by atomic mass is 10.2. The first kappa shape index (κ1) is 21.4. The highest BCUT2D eigenvalue weighted by Crippen LogP contribution is 2.35. The molecule has 0 unspecified atom stereocenters. The van der Waals surface area contributed by atoms with Gasteiger partial charge in [-0.15, -0.1) is 0 Å². The molecule has 0 spiro atoms. The van der Waals surface area contributed by atoms with Crippen LogP contribution in [0.25, 0.3) is 6.08 Å². The quantitative estimate of drug-likeness (QED) is 0.127. The monoisotopic (exact) mass is 495 g/mol. The molecule has 0 bridgehead atoms. The van der Waals surface area contributed by atoms with Gasteiger partial charge < -0.3 is 14.2 Å². The number of methoxy groups -OCH3 is 1. The lowest BCUT2D eigenvalue weighted by Crippen LogP contribution is -2.01. The molecule has 0 heterocycles. The van der Waals surface area contributed by atoms with Gasteiger partial charge in [0.2, 0.25) is 0 Å². The number of carbonyl (C=O) groups excluding carboxylic acids is 1. The van der Waals surface area contributed by atoms with E-state index in [4.69, 9.17) is 14.2 Å². The average Bonchev–Trinajstić information content (AvgIpc) is 2.69. The van der Waals surface area contributed by atoms with E-state index < -0.39 is 10.9 Å². The lowest BCUT2D eigenvalue weighted by Gasteiger charge is -2.13. The summed E-state index contributed by atoms with van der Waals surface area (Å²) >= 11 is 2.11. The number of non-ortho nitro benzene ring substituents is 1. The zero-order chi connectivity index (χ0) is 20.5. The third-order valence-electron chi connectivity index (χ3n) is 3.54. The highest BCUT2D eigenvalue weighted by molar-refractivity contribution is 14.1. The minimum atomic E-state index is -0.465. The number of nitrogens with zero attached hydrogens (tertiary/aromatic N) is 1. The molecule has 0 aromatic heterocycles. The van der Waals surface area contributed by atoms with E-state index in [0.29, 0.717) is 11.5 Å². The minimum absolute atomic E-state index is 0.0265. The Bertz CT molecular complexity index is 892. The van der Waals surface area contributed by atoms with Crippen molar-refractivity contribution in [3.63, 3.8) is 0 Å². The van der Waals surface area contributed by atoms with Crippen molar-refractivity contribution in [1.29, 1.82) is 0 Å². The van der Waals surface area contributed by atoms with Gasteiger partial charge in [0.1, 0.15) is 13.2 Å². The van der Waals surface area contributed by atoms with Gasteiger partial charge in [-0.1, -0.05) is 12.7 Å². The number of nitro benzene ring substituents is 1. The molecule has 0 aliphatic carbocycles. The molecule has 0 aliphatic heterocycles. The van der Waals surface area contributed by atoms with Gasteiger partial charge in [-0.25, -0.2) is 4.79 Å². The Morgan fingerprint density at radius 1 is 1.29 bits per heavy atom. The van der Waals surface area contributed by atoms with E-state index in [1.807, 2.05) is 6.07 Å². The summed E-state index contributed by atoms with van der Waals surface area (Å²) in [5.74, 6) is 0.591. The molecule has 2 rings (SSSR count). The van der Waals surface area contributed by atoms with Gasteiger partial charge in [-0.05, 0) is 64.1 Å². The van der Waals surface area contributed by atoms with Gasteiger partial charge in [0.05, 0.1) is 15.6 Å². The molecule has 28 heavy (non-hydrogen) atoms. The molecular weight excluding hydrogens is 477 g/mol. The summed E-state index contributed by atoms with van der Waals surface area (Å²) in [4.78, 5) is 21.8. The standard InChI is InChI=1S/C20H18INO6/c1-3-10-27-19(23)9-6-15-11-17(21)20(18(12-15)26-2)28-13-14-4-7-16(8-5-14)22(24)25/h3-9,11-12H,1,10,13H2,2H3/b9-6+. The van der Waals surface area contributed by atoms with Gasteiger partial charge >= 0.3 is 5.97 Å². The van der Waals surface area contributed by atoms with Crippen LogP contribution in [0.1, 0.15) is 11.1 Å². The van der Waals surface area contributed by atoms with E-state index in [-0.39, 0.29) is 18.9 Å². The Labute approximate surface area is 175 Å². The number of hydrogen-bond acceptors (Lipinski definition) is 6. The van der Waals surface area contributed by atoms with Crippen LogP contribution in [-0.4, -0.2) is 24.6 Å². The van der Waals surface area contributed by atoms with Crippen molar-refractivity contribution in [1.82, 2.24) is 0 Å². The lowest BCUT2D eigenvalue weighted by molar-refractivity contribution is -0.384. The molecule has 7 nitrogen and oxygen atoms in total. The molecule has 0 amide bonds. The maximum Gasteiger partial charge on any atom is 0.331 e. The fourth-order valence-electron chi connectivity index (χ4n) is 2.20. The van der Waals surface area contributed by atoms with Crippen molar-refractivity contribution in [3.8, 4) is 11.5 Å². The van der Waals surface area contributed by atoms with Crippen LogP contribution in [0.15, 0.2) is 55.1 Å². The van der Waals surface area contributed by atoms with E-state index in [1.54, 1.807) is 24.3 Å². The number of esters is 1. The second kappa shape index (κ2) is 10.5. The maximum atomic E-state index is 11.6. The van der Waals surface area contributed by atoms with Crippen LogP contribution in [0, 0.1) is 13.7 Å². The summed E-state index contributed by atoms with van der Waals surface area (Å²) in [7, 11) is 1.52. The zero-order valence-corrected chi connectivity index (χ0v) is 17.2. The van der Waals surface area contributed by atoms with Gasteiger partial charge in [-0.3, -0.25) is 10.1 Å². The number of rotatable bonds is 9. The molecule has 8 heteroatoms. The third-order valence-corrected chi connectivity index (χ3v) is 4.34. The van der Waals surface area contributed by atoms with Gasteiger partial charge in [0, 0.05) is 18.2 Å². The number of benzene rings is 2. The second-order valence-corrected chi connectivity index (χ2v) is 6.66. The number of halogens is 1. The van der Waals surface area contributed by atoms with Crippen LogP contribution in [-0.2, 0) is 16.1 Å². The molecule has 2 aromatic carbocycles. The predicted molar refractivity (Wildman–Crippen MR) is 113 cm³/mol. The van der Waals surface area contributed by atoms with Gasteiger partial charge in [-0.2, -0.15) is 0 Å². The Morgan fingerprint density at radius 3 is 2.61 bits per heavy atom. The fourth-order valence-corrected chi connectivity index (χ4v) is 2.98. The Morgan fingerprint density at radius 2 is 2.00 bits per heavy atom. The van der Waals surface area contributed by atoms with Gasteiger partial charge in [0.25, 0.3) is 5.69 Å². The Balaban J connectivity index is 2.12. The maximum absolute atomic E-state index is 11.6. The normalized spacial score (nSPS) is 10.5. The van der Waals surface area contributed by atoms with Crippen molar-refractivity contribution >= 4 is 40.3 Å². The van der Waals surface area contributed by atoms with Crippen molar-refractivity contribution in [2.24, 2.45) is 0 Å². The van der Waals surface area contributed by atoms with Crippen molar-refractivity contribution in [2.45, 2.75) is 6.61 Å². The minimum Gasteiger partial charge on any atom is -0.493 e. The Hall–Kier alpha value is -2.88. The predicted octanol–water partition coefficient (Wildman–Crippen LogP) is 4.53. The highest BCUT2D eigenvalue weighted by Gasteiger charge is 2.12. The molecular formula is C20H18INO6. The number of hydrogen-bond donors (Lipinski definition) is 0. The summed E-state index contributed by atoms with van der Waals surface area (Å²) in [6.07, 6.45) is 4.44. The molecule has 0 radical (unpaired) electrons. The second-order valence-electron chi connectivity index (χ2n) is 5.50. The topological polar surface area (TPSA) is 87.9 Å². The SMILES string of the molecule is C=CCOC(=O)/C=C/c1cc(I)c(OCc2ccc([N+](=O)[O-])cc2)c(OC)c1. The van der Waals surface area contributed by atoms with Crippen LogP contribution < -0.4 is 9.47 Å². The van der Waals surface area contributed by atoms with Crippen LogP contribution >= 0.6 is 22.6 Å². The molecule has 0 saturated carbocycles. The molecule has 0 atom stereocenters. The summed E-state index contributed by atoms with van der Waals surface area (Å²) in [6.45, 7) is 3.87. The van der Waals surface area contributed by atoms with Crippen LogP contribution in [0.2, 0.25) is 0 Å². The van der Waals surface area contributed by atoms with E-state index in [9.17, 15) is 14.9 Å². The van der Waals surface area contributed by atoms with E-state index in [0.717, 1.165) is 14.7 Å². The Kier molecular flexibility index (Phi) is 8.00. The molecule has 0 N–H and O–H groups in total. The van der Waals surface area contributed by atoms with Gasteiger partial charge in [0.15, 0.2) is 11.5 Å². The largest absolute Gasteiger partial charge is 0.493 e. The van der Waals surface area contributed by atoms with E-state index in [2.05, 4.69) is 29.2 Å². The molecule has 0 aliphatic rings. The third kappa shape index (κ3) is 6.08. The smallest absolute Gasteiger partial charge is 0.331 e. The number of ether oxygens (including phenoxy) is 3. The first-order valence-electron chi connectivity index (χ1n) is 8.14. The van der Waals surface area contributed by atoms with Crippen LogP contribution in [0.5, 0.6) is 11.5 Å². The van der Waals surface area contributed by atoms with Crippen LogP contribution in [0.4, 0.5) is 5.69 Å². The fraction of sp³-hybridized carbons (Fsp3) is 0.150. The number of carbonyl (C=O) groups is 1. The molecule has 2 aromatic rings. The van der Waals surface area contributed by atoms with E-state index >= 15 is 0 Å². The summed E-state index contributed by atoms with van der Waals surface area (Å²) in [6, 6.07) is 9.73. The first-order chi connectivity index (χ1) is 13.4. The first-order valence-corrected chi connectivity index (χ1v) is 9.22. The van der Waals surface area contributed by atoms with Crippen molar-refractivity contribution in [3.05, 3.63) is 79.9 Å². The summed E-state index contributed by atoms with van der Waals surface area (Å²) < 4.78 is 16.9. The highest BCUT2D eigenvalue weighted by atomic mass is 127. The van der Waals surface area contributed by atoms with Crippen molar-refractivity contribution < 1.29 is 23.9 Å². The summed E-state index contributed by atoms with van der Waals surface area (Å²) in [5.41, 5.74) is 1.57. The zero-order valence-electron chi connectivity index (χ0n) is 15.1. The number of nitro groups is 1. The average molecular weight is 495 g/mol. The summed E-state index contributed by atoms with van der Waals surface area (Å²) in [5, 5.41) is 10.7.